The third-order valence-electron chi connectivity index (χ3n) is 4.95. The fraction of sp³-hybridized carbons (Fsp3) is 0.429. The first-order chi connectivity index (χ1) is 12.3. The van der Waals surface area contributed by atoms with E-state index in [1.54, 1.807) is 9.80 Å². The van der Waals surface area contributed by atoms with Gasteiger partial charge in [0.1, 0.15) is 38.5 Å². The summed E-state index contributed by atoms with van der Waals surface area (Å²) >= 11 is 5.96. The molecule has 25 heavy (non-hydrogen) atoms. The largest absolute Gasteiger partial charge is 0.494 e. The van der Waals surface area contributed by atoms with E-state index in [-0.39, 0.29) is 0 Å². The zero-order valence-electron chi connectivity index (χ0n) is 14.8. The normalized spacial score (nSPS) is 20.4. The van der Waals surface area contributed by atoms with E-state index in [1.807, 2.05) is 24.3 Å². The second-order valence-corrected chi connectivity index (χ2v) is 7.36. The highest BCUT2D eigenvalue weighted by molar-refractivity contribution is 6.30. The van der Waals surface area contributed by atoms with Crippen LogP contribution in [0.15, 0.2) is 54.6 Å². The highest BCUT2D eigenvalue weighted by Crippen LogP contribution is 2.17. The van der Waals surface area contributed by atoms with Crippen LogP contribution < -0.4 is 14.5 Å². The van der Waals surface area contributed by atoms with Gasteiger partial charge in [0.2, 0.25) is 0 Å². The van der Waals surface area contributed by atoms with E-state index in [2.05, 4.69) is 30.3 Å². The average molecular weight is 361 g/mol. The maximum Gasteiger partial charge on any atom is 0.127 e. The monoisotopic (exact) mass is 360 g/mol. The molecule has 0 aromatic heterocycles. The fourth-order valence-electron chi connectivity index (χ4n) is 3.49. The van der Waals surface area contributed by atoms with Crippen molar-refractivity contribution in [2.45, 2.75) is 19.4 Å². The summed E-state index contributed by atoms with van der Waals surface area (Å²) < 4.78 is 5.76. The van der Waals surface area contributed by atoms with Gasteiger partial charge in [-0.3, -0.25) is 0 Å². The molecule has 0 aliphatic carbocycles. The lowest BCUT2D eigenvalue weighted by Gasteiger charge is -2.29. The molecule has 1 heterocycles. The van der Waals surface area contributed by atoms with Crippen molar-refractivity contribution in [1.29, 1.82) is 0 Å². The van der Waals surface area contributed by atoms with Crippen molar-refractivity contribution in [3.8, 4) is 5.75 Å². The molecule has 134 valence electrons. The molecule has 4 heteroatoms. The SMILES string of the molecule is Clc1cccc(OCCCC[NH+]2CC[NH+](Cc3ccccc3)CC2)c1. The zero-order chi connectivity index (χ0) is 17.3. The lowest BCUT2D eigenvalue weighted by atomic mass is 10.2. The Balaban J connectivity index is 1.27. The molecular formula is C21H29ClN2O+2. The van der Waals surface area contributed by atoms with Crippen LogP contribution in [0.2, 0.25) is 5.02 Å². The summed E-state index contributed by atoms with van der Waals surface area (Å²) in [6.07, 6.45) is 2.33. The third-order valence-corrected chi connectivity index (χ3v) is 5.19. The van der Waals surface area contributed by atoms with Gasteiger partial charge in [0, 0.05) is 10.6 Å². The van der Waals surface area contributed by atoms with Crippen LogP contribution in [-0.2, 0) is 6.54 Å². The molecule has 0 radical (unpaired) electrons. The maximum absolute atomic E-state index is 5.96. The van der Waals surface area contributed by atoms with Crippen molar-refractivity contribution in [1.82, 2.24) is 0 Å². The minimum absolute atomic E-state index is 0.734. The molecular weight excluding hydrogens is 332 g/mol. The summed E-state index contributed by atoms with van der Waals surface area (Å²) in [4.78, 5) is 3.47. The van der Waals surface area contributed by atoms with E-state index >= 15 is 0 Å². The molecule has 3 rings (SSSR count). The molecule has 1 aliphatic heterocycles. The van der Waals surface area contributed by atoms with E-state index in [4.69, 9.17) is 16.3 Å². The van der Waals surface area contributed by atoms with Gasteiger partial charge in [-0.25, -0.2) is 0 Å². The second kappa shape index (κ2) is 9.81. The number of halogens is 1. The number of nitrogens with one attached hydrogen (secondary N) is 2. The van der Waals surface area contributed by atoms with E-state index in [9.17, 15) is 0 Å². The van der Waals surface area contributed by atoms with Gasteiger partial charge in [0.05, 0.1) is 13.2 Å². The van der Waals surface area contributed by atoms with Crippen LogP contribution in [0.3, 0.4) is 0 Å². The first kappa shape index (κ1) is 18.2. The van der Waals surface area contributed by atoms with E-state index in [1.165, 1.54) is 51.3 Å². The van der Waals surface area contributed by atoms with Crippen molar-refractivity contribution in [3.05, 3.63) is 65.2 Å². The van der Waals surface area contributed by atoms with Crippen molar-refractivity contribution in [3.63, 3.8) is 0 Å². The topological polar surface area (TPSA) is 18.1 Å². The molecule has 0 atom stereocenters. The molecule has 0 amide bonds. The smallest absolute Gasteiger partial charge is 0.127 e. The van der Waals surface area contributed by atoms with Gasteiger partial charge < -0.3 is 14.5 Å². The highest BCUT2D eigenvalue weighted by Gasteiger charge is 2.22. The van der Waals surface area contributed by atoms with Gasteiger partial charge in [-0.1, -0.05) is 48.0 Å². The van der Waals surface area contributed by atoms with Gasteiger partial charge >= 0.3 is 0 Å². The lowest BCUT2D eigenvalue weighted by molar-refractivity contribution is -1.02. The van der Waals surface area contributed by atoms with E-state index in [0.717, 1.165) is 23.8 Å². The van der Waals surface area contributed by atoms with Crippen LogP contribution in [0.25, 0.3) is 0 Å². The predicted molar refractivity (Wildman–Crippen MR) is 103 cm³/mol. The first-order valence-corrected chi connectivity index (χ1v) is 9.77. The van der Waals surface area contributed by atoms with Crippen molar-refractivity contribution in [2.24, 2.45) is 0 Å². The summed E-state index contributed by atoms with van der Waals surface area (Å²) in [6, 6.07) is 18.5. The first-order valence-electron chi connectivity index (χ1n) is 9.39. The quantitative estimate of drug-likeness (QED) is 0.682. The number of piperazine rings is 1. The van der Waals surface area contributed by atoms with Crippen LogP contribution in [0.1, 0.15) is 18.4 Å². The zero-order valence-corrected chi connectivity index (χ0v) is 15.6. The molecule has 1 aliphatic rings. The summed E-state index contributed by atoms with van der Waals surface area (Å²) in [5, 5.41) is 0.734. The van der Waals surface area contributed by atoms with Crippen molar-refractivity contribution < 1.29 is 14.5 Å². The molecule has 2 aromatic rings. The van der Waals surface area contributed by atoms with Crippen molar-refractivity contribution in [2.75, 3.05) is 39.3 Å². The molecule has 0 spiro atoms. The maximum atomic E-state index is 5.96. The van der Waals surface area contributed by atoms with E-state index in [0.29, 0.717) is 0 Å². The Morgan fingerprint density at radius 1 is 0.840 bits per heavy atom. The van der Waals surface area contributed by atoms with Crippen LogP contribution in [0.5, 0.6) is 5.75 Å². The van der Waals surface area contributed by atoms with Gasteiger partial charge in [0.25, 0.3) is 0 Å². The lowest BCUT2D eigenvalue weighted by Crippen LogP contribution is -3.27. The summed E-state index contributed by atoms with van der Waals surface area (Å²) in [5.41, 5.74) is 1.46. The van der Waals surface area contributed by atoms with Gasteiger partial charge in [-0.15, -0.1) is 0 Å². The molecule has 3 nitrogen and oxygen atoms in total. The Hall–Kier alpha value is -1.55. The van der Waals surface area contributed by atoms with Crippen LogP contribution in [0, 0.1) is 0 Å². The highest BCUT2D eigenvalue weighted by atomic mass is 35.5. The molecule has 0 unspecified atom stereocenters. The Kier molecular flexibility index (Phi) is 7.16. The number of ether oxygens (including phenoxy) is 1. The number of benzene rings is 2. The Morgan fingerprint density at radius 2 is 1.60 bits per heavy atom. The standard InChI is InChI=1S/C21H27ClN2O/c22-20-9-6-10-21(17-20)25-16-5-4-11-23-12-14-24(15-13-23)18-19-7-2-1-3-8-19/h1-3,6-10,17H,4-5,11-16,18H2/p+2. The minimum Gasteiger partial charge on any atom is -0.494 e. The molecule has 1 fully saturated rings. The van der Waals surface area contributed by atoms with Gasteiger partial charge in [-0.05, 0) is 31.0 Å². The average Bonchev–Trinajstić information content (AvgIpc) is 2.64. The molecule has 0 saturated carbocycles. The van der Waals surface area contributed by atoms with Crippen LogP contribution >= 0.6 is 11.6 Å². The summed E-state index contributed by atoms with van der Waals surface area (Å²) in [7, 11) is 0. The Labute approximate surface area is 156 Å². The molecule has 0 bridgehead atoms. The Bertz CT molecular complexity index is 627. The summed E-state index contributed by atoms with van der Waals surface area (Å²) in [5.74, 6) is 0.873. The Morgan fingerprint density at radius 3 is 2.36 bits per heavy atom. The molecule has 1 saturated heterocycles. The predicted octanol–water partition coefficient (Wildman–Crippen LogP) is 1.48. The number of hydrogen-bond acceptors (Lipinski definition) is 1. The molecule has 2 N–H and O–H groups in total. The third kappa shape index (κ3) is 6.35. The second-order valence-electron chi connectivity index (χ2n) is 6.93. The number of unbranched alkanes of at least 4 members (excludes halogenated alkanes) is 1. The number of quaternary nitrogens is 2. The number of hydrogen-bond donors (Lipinski definition) is 2. The van der Waals surface area contributed by atoms with Crippen molar-refractivity contribution >= 4 is 11.6 Å². The number of rotatable bonds is 8. The van der Waals surface area contributed by atoms with Gasteiger partial charge in [-0.2, -0.15) is 0 Å². The minimum atomic E-state index is 0.734. The van der Waals surface area contributed by atoms with Crippen LogP contribution in [-0.4, -0.2) is 39.3 Å². The fourth-order valence-corrected chi connectivity index (χ4v) is 3.67. The van der Waals surface area contributed by atoms with Crippen LogP contribution in [0.4, 0.5) is 0 Å². The summed E-state index contributed by atoms with van der Waals surface area (Å²) in [6.45, 7) is 8.35. The van der Waals surface area contributed by atoms with Gasteiger partial charge in [0.15, 0.2) is 0 Å². The van der Waals surface area contributed by atoms with E-state index < -0.39 is 0 Å². The molecule has 2 aromatic carbocycles.